The molecule has 11 heavy (non-hydrogen) atoms. The third kappa shape index (κ3) is 6.23. The second-order valence-corrected chi connectivity index (χ2v) is 3.54. The van der Waals surface area contributed by atoms with Crippen LogP contribution in [-0.2, 0) is 8.98 Å². The quantitative estimate of drug-likeness (QED) is 0.476. The van der Waals surface area contributed by atoms with Crippen LogP contribution >= 0.6 is 12.0 Å². The number of hydrogen-bond acceptors (Lipinski definition) is 3. The third-order valence-electron chi connectivity index (χ3n) is 1.19. The molecule has 0 aliphatic carbocycles. The van der Waals surface area contributed by atoms with E-state index >= 15 is 0 Å². The minimum Gasteiger partial charge on any atom is -0.391 e. The van der Waals surface area contributed by atoms with Crippen molar-refractivity contribution in [3.05, 3.63) is 0 Å². The number of carbonyl (C=O) groups is 1. The molecular weight excluding hydrogens is 160 g/mol. The summed E-state index contributed by atoms with van der Waals surface area (Å²) in [4.78, 5) is 10.9. The Bertz CT molecular complexity index is 113. The second kappa shape index (κ2) is 6.53. The Hall–Kier alpha value is -0.180. The predicted octanol–water partition coefficient (Wildman–Crippen LogP) is 2.63. The first-order valence-corrected chi connectivity index (χ1v) is 4.92. The molecule has 0 amide bonds. The molecule has 0 bridgehead atoms. The van der Waals surface area contributed by atoms with Gasteiger partial charge < -0.3 is 4.18 Å². The molecule has 0 N–H and O–H groups in total. The van der Waals surface area contributed by atoms with E-state index in [9.17, 15) is 4.79 Å². The fourth-order valence-corrected chi connectivity index (χ4v) is 1.20. The highest BCUT2D eigenvalue weighted by Crippen LogP contribution is 2.09. The van der Waals surface area contributed by atoms with E-state index in [0.717, 1.165) is 18.6 Å². The van der Waals surface area contributed by atoms with E-state index < -0.39 is 0 Å². The van der Waals surface area contributed by atoms with Crippen LogP contribution in [0.15, 0.2) is 0 Å². The largest absolute Gasteiger partial charge is 0.391 e. The normalized spacial score (nSPS) is 10.2. The molecule has 0 aromatic heterocycles. The van der Waals surface area contributed by atoms with Gasteiger partial charge in [0.15, 0.2) is 0 Å². The summed E-state index contributed by atoms with van der Waals surface area (Å²) in [6, 6.07) is 0. The van der Waals surface area contributed by atoms with E-state index in [4.69, 9.17) is 4.18 Å². The zero-order valence-electron chi connectivity index (χ0n) is 7.42. The SMILES string of the molecule is CCCCSOC(=O)C(C)C. The summed E-state index contributed by atoms with van der Waals surface area (Å²) in [6.07, 6.45) is 2.25. The molecule has 0 fully saturated rings. The lowest BCUT2D eigenvalue weighted by Gasteiger charge is -2.03. The van der Waals surface area contributed by atoms with Crippen molar-refractivity contribution in [3.63, 3.8) is 0 Å². The number of carbonyl (C=O) groups excluding carboxylic acids is 1. The maximum atomic E-state index is 10.9. The smallest absolute Gasteiger partial charge is 0.320 e. The van der Waals surface area contributed by atoms with Gasteiger partial charge in [-0.2, -0.15) is 0 Å². The highest BCUT2D eigenvalue weighted by molar-refractivity contribution is 7.95. The van der Waals surface area contributed by atoms with Crippen LogP contribution in [-0.4, -0.2) is 11.7 Å². The van der Waals surface area contributed by atoms with Crippen molar-refractivity contribution in [1.29, 1.82) is 0 Å². The molecule has 3 heteroatoms. The van der Waals surface area contributed by atoms with Gasteiger partial charge in [0.2, 0.25) is 0 Å². The van der Waals surface area contributed by atoms with Gasteiger partial charge in [0.05, 0.1) is 18.0 Å². The molecule has 0 saturated heterocycles. The van der Waals surface area contributed by atoms with Gasteiger partial charge in [0.1, 0.15) is 0 Å². The van der Waals surface area contributed by atoms with Gasteiger partial charge in [-0.25, -0.2) is 0 Å². The summed E-state index contributed by atoms with van der Waals surface area (Å²) in [7, 11) is 0. The van der Waals surface area contributed by atoms with Gasteiger partial charge in [0.25, 0.3) is 0 Å². The van der Waals surface area contributed by atoms with Gasteiger partial charge in [-0.1, -0.05) is 27.2 Å². The zero-order chi connectivity index (χ0) is 8.69. The summed E-state index contributed by atoms with van der Waals surface area (Å²) in [5, 5.41) is 0. The number of hydrogen-bond donors (Lipinski definition) is 0. The fourth-order valence-electron chi connectivity index (χ4n) is 0.399. The van der Waals surface area contributed by atoms with Crippen molar-refractivity contribution >= 4 is 18.0 Å². The Morgan fingerprint density at radius 1 is 1.55 bits per heavy atom. The van der Waals surface area contributed by atoms with E-state index in [1.54, 1.807) is 0 Å². The highest BCUT2D eigenvalue weighted by atomic mass is 32.2. The molecule has 0 radical (unpaired) electrons. The molecule has 0 unspecified atom stereocenters. The minimum absolute atomic E-state index is 0.0101. The molecule has 0 aromatic carbocycles. The lowest BCUT2D eigenvalue weighted by Crippen LogP contribution is -2.07. The van der Waals surface area contributed by atoms with Gasteiger partial charge >= 0.3 is 5.97 Å². The summed E-state index contributed by atoms with van der Waals surface area (Å²) in [5.41, 5.74) is 0. The monoisotopic (exact) mass is 176 g/mol. The molecule has 0 heterocycles. The van der Waals surface area contributed by atoms with Crippen LogP contribution in [0.25, 0.3) is 0 Å². The van der Waals surface area contributed by atoms with Crippen LogP contribution in [0.4, 0.5) is 0 Å². The van der Waals surface area contributed by atoms with Crippen molar-refractivity contribution in [2.45, 2.75) is 33.6 Å². The van der Waals surface area contributed by atoms with Gasteiger partial charge in [-0.3, -0.25) is 4.79 Å². The Balaban J connectivity index is 3.18. The zero-order valence-corrected chi connectivity index (χ0v) is 8.24. The average Bonchev–Trinajstić information content (AvgIpc) is 1.97. The van der Waals surface area contributed by atoms with Gasteiger partial charge in [0, 0.05) is 5.75 Å². The Morgan fingerprint density at radius 3 is 2.64 bits per heavy atom. The summed E-state index contributed by atoms with van der Waals surface area (Å²) >= 11 is 1.26. The lowest BCUT2D eigenvalue weighted by atomic mass is 10.2. The molecule has 66 valence electrons. The fraction of sp³-hybridized carbons (Fsp3) is 0.875. The van der Waals surface area contributed by atoms with Crippen molar-refractivity contribution in [3.8, 4) is 0 Å². The van der Waals surface area contributed by atoms with E-state index in [-0.39, 0.29) is 11.9 Å². The first-order valence-electron chi connectivity index (χ1n) is 4.01. The van der Waals surface area contributed by atoms with E-state index in [0.29, 0.717) is 0 Å². The van der Waals surface area contributed by atoms with Gasteiger partial charge in [-0.15, -0.1) is 0 Å². The van der Waals surface area contributed by atoms with Crippen LogP contribution in [0.5, 0.6) is 0 Å². The van der Waals surface area contributed by atoms with E-state index in [1.165, 1.54) is 12.0 Å². The van der Waals surface area contributed by atoms with Crippen LogP contribution in [0.3, 0.4) is 0 Å². The van der Waals surface area contributed by atoms with Gasteiger partial charge in [-0.05, 0) is 6.42 Å². The standard InChI is InChI=1S/C8H16O2S/c1-4-5-6-11-10-8(9)7(2)3/h7H,4-6H2,1-3H3. The Labute approximate surface area is 72.9 Å². The average molecular weight is 176 g/mol. The Morgan fingerprint density at radius 2 is 2.18 bits per heavy atom. The maximum Gasteiger partial charge on any atom is 0.320 e. The molecule has 0 rings (SSSR count). The van der Waals surface area contributed by atoms with Crippen LogP contribution < -0.4 is 0 Å². The first-order chi connectivity index (χ1) is 5.18. The van der Waals surface area contributed by atoms with E-state index in [2.05, 4.69) is 6.92 Å². The minimum atomic E-state index is -0.119. The molecule has 0 aromatic rings. The lowest BCUT2D eigenvalue weighted by molar-refractivity contribution is -0.136. The second-order valence-electron chi connectivity index (χ2n) is 2.73. The molecule has 0 aliphatic heterocycles. The van der Waals surface area contributed by atoms with Crippen molar-refractivity contribution < 1.29 is 8.98 Å². The van der Waals surface area contributed by atoms with Crippen LogP contribution in [0.1, 0.15) is 33.6 Å². The maximum absolute atomic E-state index is 10.9. The highest BCUT2D eigenvalue weighted by Gasteiger charge is 2.07. The van der Waals surface area contributed by atoms with Crippen LogP contribution in [0, 0.1) is 5.92 Å². The number of unbranched alkanes of at least 4 members (excludes halogenated alkanes) is 1. The van der Waals surface area contributed by atoms with Crippen molar-refractivity contribution in [2.24, 2.45) is 5.92 Å². The van der Waals surface area contributed by atoms with Crippen molar-refractivity contribution in [2.75, 3.05) is 5.75 Å². The summed E-state index contributed by atoms with van der Waals surface area (Å²) < 4.78 is 4.88. The number of rotatable bonds is 5. The van der Waals surface area contributed by atoms with Crippen LogP contribution in [0.2, 0.25) is 0 Å². The molecule has 0 atom stereocenters. The molecule has 0 saturated carbocycles. The summed E-state index contributed by atoms with van der Waals surface area (Å²) in [6.45, 7) is 5.79. The topological polar surface area (TPSA) is 26.3 Å². The third-order valence-corrected chi connectivity index (χ3v) is 1.93. The van der Waals surface area contributed by atoms with E-state index in [1.807, 2.05) is 13.8 Å². The Kier molecular flexibility index (Phi) is 6.42. The first kappa shape index (κ1) is 10.8. The predicted molar refractivity (Wildman–Crippen MR) is 48.3 cm³/mol. The molecule has 0 spiro atoms. The van der Waals surface area contributed by atoms with Crippen molar-refractivity contribution in [1.82, 2.24) is 0 Å². The summed E-state index contributed by atoms with van der Waals surface area (Å²) in [5.74, 6) is 0.782. The molecule has 0 aliphatic rings. The molecular formula is C8H16O2S. The molecule has 2 nitrogen and oxygen atoms in total.